The van der Waals surface area contributed by atoms with Crippen molar-refractivity contribution in [2.75, 3.05) is 13.1 Å². The third kappa shape index (κ3) is 2.27. The largest absolute Gasteiger partial charge is 0.339 e. The van der Waals surface area contributed by atoms with Crippen molar-refractivity contribution in [3.63, 3.8) is 0 Å². The van der Waals surface area contributed by atoms with E-state index in [0.29, 0.717) is 12.1 Å². The summed E-state index contributed by atoms with van der Waals surface area (Å²) in [5.41, 5.74) is 0.600. The van der Waals surface area contributed by atoms with Crippen LogP contribution in [-0.2, 0) is 9.59 Å². The number of amides is 2. The van der Waals surface area contributed by atoms with Crippen molar-refractivity contribution in [2.24, 2.45) is 0 Å². The Hall–Kier alpha value is -1.91. The molecule has 0 radical (unpaired) electrons. The molecule has 17 heavy (non-hydrogen) atoms. The van der Waals surface area contributed by atoms with Gasteiger partial charge in [0.2, 0.25) is 11.8 Å². The summed E-state index contributed by atoms with van der Waals surface area (Å²) >= 11 is 0. The van der Waals surface area contributed by atoms with Gasteiger partial charge in [-0.2, -0.15) is 0 Å². The minimum absolute atomic E-state index is 0.0903. The number of carbonyl (C=O) groups excluding carboxylic acids is 2. The Bertz CT molecular complexity index is 444. The summed E-state index contributed by atoms with van der Waals surface area (Å²) in [6.07, 6.45) is 0. The molecule has 0 aliphatic carbocycles. The zero-order valence-corrected chi connectivity index (χ0v) is 9.44. The van der Waals surface area contributed by atoms with Gasteiger partial charge in [0.15, 0.2) is 0 Å². The highest BCUT2D eigenvalue weighted by molar-refractivity contribution is 5.95. The third-order valence-electron chi connectivity index (χ3n) is 2.78. The first kappa shape index (κ1) is 11.6. The third-order valence-corrected chi connectivity index (χ3v) is 2.78. The lowest BCUT2D eigenvalue weighted by Crippen LogP contribution is -2.53. The first-order chi connectivity index (χ1) is 8.11. The molecule has 1 aliphatic heterocycles. The van der Waals surface area contributed by atoms with Crippen LogP contribution in [0.2, 0.25) is 0 Å². The average Bonchev–Trinajstić information content (AvgIpc) is 2.33. The summed E-state index contributed by atoms with van der Waals surface area (Å²) in [6.45, 7) is 2.40. The molecule has 1 aromatic rings. The Kier molecular flexibility index (Phi) is 3.08. The molecular formula is C12H13FN2O2. The molecule has 0 unspecified atom stereocenters. The van der Waals surface area contributed by atoms with Gasteiger partial charge in [-0.3, -0.25) is 9.59 Å². The maximum atomic E-state index is 12.8. The zero-order chi connectivity index (χ0) is 12.4. The molecule has 90 valence electrons. The van der Waals surface area contributed by atoms with Crippen molar-refractivity contribution < 1.29 is 14.0 Å². The van der Waals surface area contributed by atoms with Crippen LogP contribution in [0.4, 0.5) is 4.39 Å². The van der Waals surface area contributed by atoms with Crippen molar-refractivity contribution in [1.82, 2.24) is 10.2 Å². The van der Waals surface area contributed by atoms with Crippen LogP contribution in [0.5, 0.6) is 0 Å². The van der Waals surface area contributed by atoms with Crippen molar-refractivity contribution in [2.45, 2.75) is 13.0 Å². The lowest BCUT2D eigenvalue weighted by Gasteiger charge is -2.31. The summed E-state index contributed by atoms with van der Waals surface area (Å²) < 4.78 is 12.8. The molecular weight excluding hydrogens is 223 g/mol. The Morgan fingerprint density at radius 3 is 2.59 bits per heavy atom. The van der Waals surface area contributed by atoms with Crippen LogP contribution in [0, 0.1) is 5.82 Å². The van der Waals surface area contributed by atoms with E-state index in [4.69, 9.17) is 0 Å². The fourth-order valence-electron chi connectivity index (χ4n) is 1.85. The van der Waals surface area contributed by atoms with Crippen molar-refractivity contribution in [3.8, 4) is 0 Å². The number of benzene rings is 1. The molecule has 2 amide bonds. The van der Waals surface area contributed by atoms with Crippen molar-refractivity contribution >= 4 is 11.8 Å². The molecule has 1 atom stereocenters. The van der Waals surface area contributed by atoms with E-state index in [2.05, 4.69) is 5.32 Å². The molecule has 0 aromatic heterocycles. The normalized spacial score (nSPS) is 20.4. The van der Waals surface area contributed by atoms with Gasteiger partial charge in [0.05, 0.1) is 6.54 Å². The van der Waals surface area contributed by atoms with Crippen LogP contribution in [0.25, 0.3) is 0 Å². The van der Waals surface area contributed by atoms with E-state index in [9.17, 15) is 14.0 Å². The quantitative estimate of drug-likeness (QED) is 0.827. The zero-order valence-electron chi connectivity index (χ0n) is 9.44. The summed E-state index contributed by atoms with van der Waals surface area (Å²) in [7, 11) is 0. The van der Waals surface area contributed by atoms with Crippen molar-refractivity contribution in [1.29, 1.82) is 0 Å². The Balaban J connectivity index is 2.27. The molecule has 1 fully saturated rings. The van der Waals surface area contributed by atoms with E-state index < -0.39 is 6.04 Å². The number of rotatable bonds is 2. The molecule has 1 saturated heterocycles. The van der Waals surface area contributed by atoms with Crippen LogP contribution >= 0.6 is 0 Å². The second-order valence-electron chi connectivity index (χ2n) is 3.90. The highest BCUT2D eigenvalue weighted by atomic mass is 19.1. The smallest absolute Gasteiger partial charge is 0.250 e. The number of nitrogens with one attached hydrogen (secondary N) is 1. The predicted octanol–water partition coefficient (Wildman–Crippen LogP) is 0.845. The fraction of sp³-hybridized carbons (Fsp3) is 0.333. The number of halogens is 1. The van der Waals surface area contributed by atoms with E-state index in [1.165, 1.54) is 29.2 Å². The first-order valence-electron chi connectivity index (χ1n) is 5.45. The predicted molar refractivity (Wildman–Crippen MR) is 59.5 cm³/mol. The van der Waals surface area contributed by atoms with Gasteiger partial charge in [-0.1, -0.05) is 12.1 Å². The summed E-state index contributed by atoms with van der Waals surface area (Å²) in [4.78, 5) is 24.9. The fourth-order valence-corrected chi connectivity index (χ4v) is 1.85. The topological polar surface area (TPSA) is 49.4 Å². The SMILES string of the molecule is CCN1CC(=O)N[C@H](c2ccc(F)cc2)C1=O. The van der Waals surface area contributed by atoms with E-state index in [1.807, 2.05) is 6.92 Å². The van der Waals surface area contributed by atoms with E-state index in [0.717, 1.165) is 0 Å². The Morgan fingerprint density at radius 2 is 2.00 bits per heavy atom. The number of piperazine rings is 1. The highest BCUT2D eigenvalue weighted by Crippen LogP contribution is 2.19. The minimum Gasteiger partial charge on any atom is -0.339 e. The number of likely N-dealkylation sites (N-methyl/N-ethyl adjacent to an activating group) is 1. The summed E-state index contributed by atoms with van der Waals surface area (Å²) in [6, 6.07) is 4.88. The van der Waals surface area contributed by atoms with Crippen LogP contribution in [0.15, 0.2) is 24.3 Å². The van der Waals surface area contributed by atoms with Gasteiger partial charge < -0.3 is 10.2 Å². The second-order valence-corrected chi connectivity index (χ2v) is 3.90. The van der Waals surface area contributed by atoms with E-state index in [-0.39, 0.29) is 24.2 Å². The van der Waals surface area contributed by atoms with Gasteiger partial charge in [-0.25, -0.2) is 4.39 Å². The molecule has 1 aliphatic rings. The number of hydrogen-bond donors (Lipinski definition) is 1. The highest BCUT2D eigenvalue weighted by Gasteiger charge is 2.32. The van der Waals surface area contributed by atoms with Crippen LogP contribution < -0.4 is 5.32 Å². The lowest BCUT2D eigenvalue weighted by molar-refractivity contribution is -0.144. The molecule has 2 rings (SSSR count). The lowest BCUT2D eigenvalue weighted by atomic mass is 10.0. The monoisotopic (exact) mass is 236 g/mol. The van der Waals surface area contributed by atoms with Gasteiger partial charge in [0, 0.05) is 6.54 Å². The number of carbonyl (C=O) groups is 2. The van der Waals surface area contributed by atoms with Gasteiger partial charge in [-0.05, 0) is 24.6 Å². The van der Waals surface area contributed by atoms with Crippen LogP contribution in [0.3, 0.4) is 0 Å². The molecule has 0 saturated carbocycles. The molecule has 1 aromatic carbocycles. The Morgan fingerprint density at radius 1 is 1.35 bits per heavy atom. The van der Waals surface area contributed by atoms with Crippen LogP contribution in [-0.4, -0.2) is 29.8 Å². The average molecular weight is 236 g/mol. The van der Waals surface area contributed by atoms with Crippen LogP contribution in [0.1, 0.15) is 18.5 Å². The number of hydrogen-bond acceptors (Lipinski definition) is 2. The minimum atomic E-state index is -0.697. The summed E-state index contributed by atoms with van der Waals surface area (Å²) in [5, 5.41) is 2.61. The van der Waals surface area contributed by atoms with E-state index in [1.54, 1.807) is 0 Å². The van der Waals surface area contributed by atoms with Gasteiger partial charge in [0.25, 0.3) is 0 Å². The summed E-state index contributed by atoms with van der Waals surface area (Å²) in [5.74, 6) is -0.713. The maximum absolute atomic E-state index is 12.8. The van der Waals surface area contributed by atoms with E-state index >= 15 is 0 Å². The Labute approximate surface area is 98.4 Å². The van der Waals surface area contributed by atoms with Crippen molar-refractivity contribution in [3.05, 3.63) is 35.6 Å². The first-order valence-corrected chi connectivity index (χ1v) is 5.45. The molecule has 1 heterocycles. The van der Waals surface area contributed by atoms with Gasteiger partial charge in [-0.15, -0.1) is 0 Å². The molecule has 1 N–H and O–H groups in total. The molecule has 0 spiro atoms. The molecule has 0 bridgehead atoms. The second kappa shape index (κ2) is 4.53. The molecule has 4 nitrogen and oxygen atoms in total. The standard InChI is InChI=1S/C12H13FN2O2/c1-2-15-7-10(16)14-11(12(15)17)8-3-5-9(13)6-4-8/h3-6,11H,2,7H2,1H3,(H,14,16)/t11-/m1/s1. The van der Waals surface area contributed by atoms with Gasteiger partial charge in [0.1, 0.15) is 11.9 Å². The number of nitrogens with zero attached hydrogens (tertiary/aromatic N) is 1. The molecule has 5 heteroatoms. The maximum Gasteiger partial charge on any atom is 0.250 e. The van der Waals surface area contributed by atoms with Gasteiger partial charge >= 0.3 is 0 Å².